The van der Waals surface area contributed by atoms with E-state index in [4.69, 9.17) is 8.83 Å². The largest absolute Gasteiger partial charge is 0.456 e. The molecule has 0 bridgehead atoms. The van der Waals surface area contributed by atoms with Crippen LogP contribution in [0.2, 0.25) is 0 Å². The zero-order valence-electron chi connectivity index (χ0n) is 27.5. The molecule has 0 spiro atoms. The highest BCUT2D eigenvalue weighted by atomic mass is 16.3. The van der Waals surface area contributed by atoms with Crippen LogP contribution in [-0.2, 0) is 0 Å². The lowest BCUT2D eigenvalue weighted by Gasteiger charge is -2.08. The van der Waals surface area contributed by atoms with E-state index in [1.54, 1.807) is 0 Å². The summed E-state index contributed by atoms with van der Waals surface area (Å²) in [6.07, 6.45) is 0. The standard InChI is InChI=1S/C48H29NO2/c1-2-12-35(13-3-1)49-43-18-6-4-14-37(43)40-27-31(20-23-44(40)49)33-22-25-47-42(29-33)41-28-32(21-24-46(41)50-47)30-10-8-11-34(26-30)36-16-9-17-39-38-15-5-7-19-45(38)51-48(36)39/h1-29H. The topological polar surface area (TPSA) is 31.2 Å². The molecular weight excluding hydrogens is 623 g/mol. The molecule has 0 aliphatic rings. The molecule has 0 aliphatic heterocycles. The minimum absolute atomic E-state index is 0.885. The zero-order chi connectivity index (χ0) is 33.5. The number of aromatic nitrogens is 1. The van der Waals surface area contributed by atoms with E-state index < -0.39 is 0 Å². The van der Waals surface area contributed by atoms with Gasteiger partial charge in [-0.2, -0.15) is 0 Å². The summed E-state index contributed by atoms with van der Waals surface area (Å²) in [5, 5.41) is 6.98. The van der Waals surface area contributed by atoms with Gasteiger partial charge >= 0.3 is 0 Å². The third-order valence-electron chi connectivity index (χ3n) is 10.4. The van der Waals surface area contributed by atoms with Crippen molar-refractivity contribution in [1.82, 2.24) is 4.57 Å². The van der Waals surface area contributed by atoms with Gasteiger partial charge in [0.25, 0.3) is 0 Å². The van der Waals surface area contributed by atoms with Gasteiger partial charge in [-0.25, -0.2) is 0 Å². The minimum Gasteiger partial charge on any atom is -0.456 e. The molecule has 0 radical (unpaired) electrons. The average Bonchev–Trinajstić information content (AvgIpc) is 3.87. The van der Waals surface area contributed by atoms with E-state index in [2.05, 4.69) is 168 Å². The third kappa shape index (κ3) is 4.32. The van der Waals surface area contributed by atoms with Gasteiger partial charge in [0.2, 0.25) is 0 Å². The van der Waals surface area contributed by atoms with Crippen LogP contribution in [0, 0.1) is 0 Å². The maximum Gasteiger partial charge on any atom is 0.143 e. The molecule has 0 N–H and O–H groups in total. The molecule has 0 saturated carbocycles. The Kier molecular flexibility index (Phi) is 5.96. The first kappa shape index (κ1) is 28.0. The maximum atomic E-state index is 6.38. The molecule has 3 nitrogen and oxygen atoms in total. The highest BCUT2D eigenvalue weighted by Crippen LogP contribution is 2.40. The van der Waals surface area contributed by atoms with Crippen LogP contribution in [0.4, 0.5) is 0 Å². The molecule has 3 aromatic heterocycles. The van der Waals surface area contributed by atoms with Gasteiger partial charge in [0.1, 0.15) is 22.3 Å². The van der Waals surface area contributed by atoms with E-state index in [0.29, 0.717) is 0 Å². The molecule has 8 aromatic carbocycles. The van der Waals surface area contributed by atoms with Crippen LogP contribution in [-0.4, -0.2) is 4.57 Å². The van der Waals surface area contributed by atoms with Gasteiger partial charge in [0.05, 0.1) is 11.0 Å². The number of benzene rings is 8. The molecule has 0 aliphatic carbocycles. The second-order valence-electron chi connectivity index (χ2n) is 13.3. The number of para-hydroxylation sites is 4. The van der Waals surface area contributed by atoms with Crippen molar-refractivity contribution in [3.05, 3.63) is 176 Å². The van der Waals surface area contributed by atoms with E-state index in [1.807, 2.05) is 12.1 Å². The van der Waals surface area contributed by atoms with Crippen LogP contribution < -0.4 is 0 Å². The Bertz CT molecular complexity index is 3140. The molecule has 0 atom stereocenters. The second kappa shape index (κ2) is 10.8. The highest BCUT2D eigenvalue weighted by molar-refractivity contribution is 6.12. The smallest absolute Gasteiger partial charge is 0.143 e. The lowest BCUT2D eigenvalue weighted by atomic mass is 9.96. The SMILES string of the molecule is c1ccc(-n2c3ccccc3c3cc(-c4ccc5oc6ccc(-c7cccc(-c8cccc9c8oc8ccccc89)c7)cc6c5c4)ccc32)cc1. The van der Waals surface area contributed by atoms with Crippen LogP contribution in [0.3, 0.4) is 0 Å². The van der Waals surface area contributed by atoms with Crippen molar-refractivity contribution < 1.29 is 8.83 Å². The first-order chi connectivity index (χ1) is 25.3. The Balaban J connectivity index is 1.02. The number of hydrogen-bond donors (Lipinski definition) is 0. The molecule has 0 unspecified atom stereocenters. The van der Waals surface area contributed by atoms with Crippen molar-refractivity contribution in [3.63, 3.8) is 0 Å². The van der Waals surface area contributed by atoms with Crippen LogP contribution in [0.15, 0.2) is 185 Å². The van der Waals surface area contributed by atoms with E-state index in [0.717, 1.165) is 77.4 Å². The van der Waals surface area contributed by atoms with Gasteiger partial charge in [-0.1, -0.05) is 109 Å². The molecule has 51 heavy (non-hydrogen) atoms. The minimum atomic E-state index is 0.885. The summed E-state index contributed by atoms with van der Waals surface area (Å²) in [5.74, 6) is 0. The van der Waals surface area contributed by atoms with Gasteiger partial charge in [-0.05, 0) is 94.5 Å². The lowest BCUT2D eigenvalue weighted by Crippen LogP contribution is -1.92. The van der Waals surface area contributed by atoms with E-state index >= 15 is 0 Å². The predicted octanol–water partition coefficient (Wildman–Crippen LogP) is 13.6. The van der Waals surface area contributed by atoms with Crippen molar-refractivity contribution in [1.29, 1.82) is 0 Å². The van der Waals surface area contributed by atoms with E-state index in [-0.39, 0.29) is 0 Å². The van der Waals surface area contributed by atoms with Crippen LogP contribution in [0.1, 0.15) is 0 Å². The monoisotopic (exact) mass is 651 g/mol. The summed E-state index contributed by atoms with van der Waals surface area (Å²) in [6.45, 7) is 0. The van der Waals surface area contributed by atoms with Gasteiger partial charge < -0.3 is 13.4 Å². The Morgan fingerprint density at radius 1 is 0.314 bits per heavy atom. The number of rotatable bonds is 4. The van der Waals surface area contributed by atoms with Crippen LogP contribution >= 0.6 is 0 Å². The van der Waals surface area contributed by atoms with Crippen molar-refractivity contribution in [2.45, 2.75) is 0 Å². The molecule has 0 saturated heterocycles. The summed E-state index contributed by atoms with van der Waals surface area (Å²) < 4.78 is 15.1. The molecule has 11 rings (SSSR count). The van der Waals surface area contributed by atoms with Crippen molar-refractivity contribution >= 4 is 65.7 Å². The highest BCUT2D eigenvalue weighted by Gasteiger charge is 2.16. The maximum absolute atomic E-state index is 6.38. The van der Waals surface area contributed by atoms with Crippen LogP contribution in [0.25, 0.3) is 105 Å². The number of furan rings is 2. The lowest BCUT2D eigenvalue weighted by molar-refractivity contribution is 0.669. The Hall–Kier alpha value is -6.84. The van der Waals surface area contributed by atoms with Gasteiger partial charge in [-0.3, -0.25) is 0 Å². The predicted molar refractivity (Wildman–Crippen MR) is 212 cm³/mol. The fourth-order valence-corrected chi connectivity index (χ4v) is 7.99. The molecule has 238 valence electrons. The van der Waals surface area contributed by atoms with Gasteiger partial charge in [0, 0.05) is 43.6 Å². The number of fused-ring (bicyclic) bond motifs is 9. The van der Waals surface area contributed by atoms with E-state index in [1.165, 1.54) is 27.4 Å². The summed E-state index contributed by atoms with van der Waals surface area (Å²) in [5.41, 5.74) is 14.0. The normalized spacial score (nSPS) is 11.9. The quantitative estimate of drug-likeness (QED) is 0.190. The fourth-order valence-electron chi connectivity index (χ4n) is 7.99. The van der Waals surface area contributed by atoms with Crippen molar-refractivity contribution in [2.75, 3.05) is 0 Å². The number of nitrogens with zero attached hydrogens (tertiary/aromatic N) is 1. The third-order valence-corrected chi connectivity index (χ3v) is 10.4. The molecule has 0 amide bonds. The summed E-state index contributed by atoms with van der Waals surface area (Å²) in [4.78, 5) is 0. The second-order valence-corrected chi connectivity index (χ2v) is 13.3. The van der Waals surface area contributed by atoms with Crippen molar-refractivity contribution in [3.8, 4) is 39.1 Å². The Labute approximate surface area is 293 Å². The summed E-state index contributed by atoms with van der Waals surface area (Å²) in [7, 11) is 0. The zero-order valence-corrected chi connectivity index (χ0v) is 27.5. The Morgan fingerprint density at radius 3 is 1.69 bits per heavy atom. The van der Waals surface area contributed by atoms with Gasteiger partial charge in [0.15, 0.2) is 0 Å². The van der Waals surface area contributed by atoms with Gasteiger partial charge in [-0.15, -0.1) is 0 Å². The summed E-state index contributed by atoms with van der Waals surface area (Å²) >= 11 is 0. The van der Waals surface area contributed by atoms with E-state index in [9.17, 15) is 0 Å². The summed E-state index contributed by atoms with van der Waals surface area (Å²) in [6, 6.07) is 62.6. The molecular formula is C48H29NO2. The number of hydrogen-bond acceptors (Lipinski definition) is 2. The average molecular weight is 652 g/mol. The molecule has 0 fully saturated rings. The molecule has 11 aromatic rings. The first-order valence-electron chi connectivity index (χ1n) is 17.3. The Morgan fingerprint density at radius 2 is 0.882 bits per heavy atom. The van der Waals surface area contributed by atoms with Crippen molar-refractivity contribution in [2.24, 2.45) is 0 Å². The first-order valence-corrected chi connectivity index (χ1v) is 17.3. The van der Waals surface area contributed by atoms with Crippen LogP contribution in [0.5, 0.6) is 0 Å². The molecule has 3 heterocycles. The fraction of sp³-hybridized carbons (Fsp3) is 0. The molecule has 3 heteroatoms.